The molecule has 4 rings (SSSR count). The summed E-state index contributed by atoms with van der Waals surface area (Å²) in [6, 6.07) is 8.14. The lowest BCUT2D eigenvalue weighted by Crippen LogP contribution is -2.31. The van der Waals surface area contributed by atoms with E-state index >= 15 is 0 Å². The molecule has 3 heterocycles. The SMILES string of the molecule is Cc1nn(CC(=O)NCCn2cc(Cl)cn2)c2nccc(-c3ccc(F)cc3)c12. The van der Waals surface area contributed by atoms with Crippen LogP contribution in [-0.2, 0) is 17.9 Å². The van der Waals surface area contributed by atoms with Crippen molar-refractivity contribution in [1.29, 1.82) is 0 Å². The molecule has 1 aromatic carbocycles. The first-order valence-corrected chi connectivity index (χ1v) is 9.42. The van der Waals surface area contributed by atoms with Crippen LogP contribution in [0.15, 0.2) is 48.9 Å². The summed E-state index contributed by atoms with van der Waals surface area (Å²) >= 11 is 5.82. The van der Waals surface area contributed by atoms with Gasteiger partial charge >= 0.3 is 0 Å². The van der Waals surface area contributed by atoms with Crippen LogP contribution in [0.1, 0.15) is 5.69 Å². The second-order valence-corrected chi connectivity index (χ2v) is 7.02. The molecule has 148 valence electrons. The van der Waals surface area contributed by atoms with Gasteiger partial charge in [-0.2, -0.15) is 10.2 Å². The second kappa shape index (κ2) is 8.00. The van der Waals surface area contributed by atoms with E-state index in [1.165, 1.54) is 12.1 Å². The van der Waals surface area contributed by atoms with Gasteiger partial charge in [0.15, 0.2) is 5.65 Å². The number of pyridine rings is 1. The Morgan fingerprint density at radius 1 is 1.24 bits per heavy atom. The number of aromatic nitrogens is 5. The molecule has 0 aliphatic rings. The van der Waals surface area contributed by atoms with Crippen molar-refractivity contribution in [2.24, 2.45) is 0 Å². The highest BCUT2D eigenvalue weighted by Crippen LogP contribution is 2.29. The standard InChI is InChI=1S/C20H18ClFN6O/c1-13-19-17(14-2-4-16(22)5-3-14)6-7-24-20(19)28(26-13)12-18(29)23-8-9-27-11-15(21)10-25-27/h2-7,10-11H,8-9,12H2,1H3,(H,23,29). The summed E-state index contributed by atoms with van der Waals surface area (Å²) in [6.45, 7) is 2.85. The number of hydrogen-bond acceptors (Lipinski definition) is 4. The summed E-state index contributed by atoms with van der Waals surface area (Å²) in [7, 11) is 0. The van der Waals surface area contributed by atoms with Gasteiger partial charge in [-0.25, -0.2) is 14.1 Å². The minimum Gasteiger partial charge on any atom is -0.353 e. The average molecular weight is 413 g/mol. The fourth-order valence-electron chi connectivity index (χ4n) is 3.22. The maximum atomic E-state index is 13.3. The number of nitrogens with one attached hydrogen (secondary N) is 1. The lowest BCUT2D eigenvalue weighted by Gasteiger charge is -2.07. The van der Waals surface area contributed by atoms with Crippen LogP contribution in [-0.4, -0.2) is 37.0 Å². The number of halogens is 2. The van der Waals surface area contributed by atoms with Gasteiger partial charge in [0.1, 0.15) is 12.4 Å². The van der Waals surface area contributed by atoms with Crippen molar-refractivity contribution < 1.29 is 9.18 Å². The van der Waals surface area contributed by atoms with E-state index < -0.39 is 0 Å². The van der Waals surface area contributed by atoms with E-state index in [4.69, 9.17) is 11.6 Å². The highest BCUT2D eigenvalue weighted by Gasteiger charge is 2.16. The normalized spacial score (nSPS) is 11.1. The number of nitrogens with zero attached hydrogens (tertiary/aromatic N) is 5. The van der Waals surface area contributed by atoms with Gasteiger partial charge in [-0.05, 0) is 36.2 Å². The molecule has 0 spiro atoms. The van der Waals surface area contributed by atoms with E-state index in [-0.39, 0.29) is 18.3 Å². The predicted octanol–water partition coefficient (Wildman–Crippen LogP) is 3.21. The highest BCUT2D eigenvalue weighted by molar-refractivity contribution is 6.30. The van der Waals surface area contributed by atoms with Crippen molar-refractivity contribution in [1.82, 2.24) is 29.9 Å². The number of rotatable bonds is 6. The third kappa shape index (κ3) is 4.12. The number of carbonyl (C=O) groups excluding carboxylic acids is 1. The zero-order valence-electron chi connectivity index (χ0n) is 15.6. The molecular formula is C20H18ClFN6O. The summed E-state index contributed by atoms with van der Waals surface area (Å²) in [6.07, 6.45) is 4.91. The fraction of sp³-hybridized carbons (Fsp3) is 0.200. The summed E-state index contributed by atoms with van der Waals surface area (Å²) in [5, 5.41) is 12.8. The van der Waals surface area contributed by atoms with Crippen LogP contribution >= 0.6 is 11.6 Å². The topological polar surface area (TPSA) is 77.6 Å². The zero-order valence-corrected chi connectivity index (χ0v) is 16.4. The maximum Gasteiger partial charge on any atom is 0.241 e. The molecule has 3 aromatic heterocycles. The molecule has 7 nitrogen and oxygen atoms in total. The van der Waals surface area contributed by atoms with Crippen LogP contribution in [0.2, 0.25) is 5.02 Å². The molecule has 0 fully saturated rings. The Bertz CT molecular complexity index is 1170. The van der Waals surface area contributed by atoms with E-state index in [1.54, 1.807) is 40.1 Å². The molecule has 0 aliphatic heterocycles. The van der Waals surface area contributed by atoms with Crippen molar-refractivity contribution in [3.8, 4) is 11.1 Å². The van der Waals surface area contributed by atoms with Crippen LogP contribution in [0, 0.1) is 12.7 Å². The van der Waals surface area contributed by atoms with E-state index in [2.05, 4.69) is 20.5 Å². The summed E-state index contributed by atoms with van der Waals surface area (Å²) in [4.78, 5) is 16.8. The first kappa shape index (κ1) is 19.1. The Kier molecular flexibility index (Phi) is 5.26. The molecule has 0 unspecified atom stereocenters. The Morgan fingerprint density at radius 2 is 2.03 bits per heavy atom. The number of benzene rings is 1. The maximum absolute atomic E-state index is 13.3. The molecule has 0 saturated carbocycles. The van der Waals surface area contributed by atoms with Gasteiger partial charge in [0.2, 0.25) is 5.91 Å². The zero-order chi connectivity index (χ0) is 20.4. The van der Waals surface area contributed by atoms with Crippen LogP contribution in [0.4, 0.5) is 4.39 Å². The first-order chi connectivity index (χ1) is 14.0. The van der Waals surface area contributed by atoms with E-state index in [0.29, 0.717) is 23.8 Å². The van der Waals surface area contributed by atoms with Gasteiger partial charge < -0.3 is 5.32 Å². The number of hydrogen-bond donors (Lipinski definition) is 1. The van der Waals surface area contributed by atoms with Crippen LogP contribution in [0.5, 0.6) is 0 Å². The molecule has 0 bridgehead atoms. The van der Waals surface area contributed by atoms with Gasteiger partial charge in [0.05, 0.1) is 23.5 Å². The lowest BCUT2D eigenvalue weighted by molar-refractivity contribution is -0.121. The summed E-state index contributed by atoms with van der Waals surface area (Å²) in [5.41, 5.74) is 3.13. The molecule has 0 atom stereocenters. The lowest BCUT2D eigenvalue weighted by atomic mass is 10.0. The number of aryl methyl sites for hydroxylation is 1. The van der Waals surface area contributed by atoms with Gasteiger partial charge in [-0.15, -0.1) is 0 Å². The molecule has 29 heavy (non-hydrogen) atoms. The van der Waals surface area contributed by atoms with Crippen LogP contribution in [0.25, 0.3) is 22.2 Å². The third-order valence-electron chi connectivity index (χ3n) is 4.52. The first-order valence-electron chi connectivity index (χ1n) is 9.04. The van der Waals surface area contributed by atoms with Gasteiger partial charge in [0, 0.05) is 24.3 Å². The fourth-order valence-corrected chi connectivity index (χ4v) is 3.38. The minimum absolute atomic E-state index is 0.0457. The van der Waals surface area contributed by atoms with Crippen molar-refractivity contribution in [2.45, 2.75) is 20.0 Å². The molecule has 4 aromatic rings. The second-order valence-electron chi connectivity index (χ2n) is 6.58. The highest BCUT2D eigenvalue weighted by atomic mass is 35.5. The molecule has 0 aliphatic carbocycles. The monoisotopic (exact) mass is 412 g/mol. The van der Waals surface area contributed by atoms with Crippen LogP contribution in [0.3, 0.4) is 0 Å². The minimum atomic E-state index is -0.291. The largest absolute Gasteiger partial charge is 0.353 e. The molecule has 9 heteroatoms. The summed E-state index contributed by atoms with van der Waals surface area (Å²) in [5.74, 6) is -0.470. The van der Waals surface area contributed by atoms with E-state index in [9.17, 15) is 9.18 Å². The molecule has 1 amide bonds. The van der Waals surface area contributed by atoms with E-state index in [0.717, 1.165) is 22.2 Å². The van der Waals surface area contributed by atoms with Gasteiger partial charge in [-0.1, -0.05) is 23.7 Å². The predicted molar refractivity (Wildman–Crippen MR) is 108 cm³/mol. The summed E-state index contributed by atoms with van der Waals surface area (Å²) < 4.78 is 16.5. The van der Waals surface area contributed by atoms with Gasteiger partial charge in [0.25, 0.3) is 0 Å². The Morgan fingerprint density at radius 3 is 2.76 bits per heavy atom. The Labute approximate surface area is 171 Å². The molecular weight excluding hydrogens is 395 g/mol. The number of carbonyl (C=O) groups is 1. The molecule has 0 radical (unpaired) electrons. The quantitative estimate of drug-likeness (QED) is 0.527. The molecule has 0 saturated heterocycles. The Balaban J connectivity index is 1.51. The smallest absolute Gasteiger partial charge is 0.241 e. The van der Waals surface area contributed by atoms with Crippen molar-refractivity contribution in [3.05, 3.63) is 65.5 Å². The van der Waals surface area contributed by atoms with E-state index in [1.807, 2.05) is 13.0 Å². The van der Waals surface area contributed by atoms with Crippen LogP contribution < -0.4 is 5.32 Å². The third-order valence-corrected chi connectivity index (χ3v) is 4.72. The van der Waals surface area contributed by atoms with Gasteiger partial charge in [-0.3, -0.25) is 9.48 Å². The average Bonchev–Trinajstić information content (AvgIpc) is 3.25. The number of fused-ring (bicyclic) bond motifs is 1. The Hall–Kier alpha value is -3.26. The van der Waals surface area contributed by atoms with Crippen molar-refractivity contribution >= 4 is 28.5 Å². The van der Waals surface area contributed by atoms with Crippen molar-refractivity contribution in [2.75, 3.05) is 6.54 Å². The molecule has 1 N–H and O–H groups in total. The number of amides is 1. The van der Waals surface area contributed by atoms with Crippen molar-refractivity contribution in [3.63, 3.8) is 0 Å².